The summed E-state index contributed by atoms with van der Waals surface area (Å²) in [6.07, 6.45) is 0.846. The molecule has 0 fully saturated rings. The molecular formula is C17H17N2. The number of benzene rings is 2. The standard InChI is InChI=1S/C17H17N2/c1-12(2)14-9-7-13(8-10-14)11-17-15-5-3-4-6-16(15)18-19-17/h3-4,6-10,12H,11H2,1-2H3,(H,18,19). The molecule has 0 amide bonds. The van der Waals surface area contributed by atoms with Gasteiger partial charge < -0.3 is 0 Å². The van der Waals surface area contributed by atoms with E-state index in [1.807, 2.05) is 18.2 Å². The first-order valence-electron chi connectivity index (χ1n) is 6.66. The zero-order valence-electron chi connectivity index (χ0n) is 11.3. The normalized spacial score (nSPS) is 11.3. The average molecular weight is 249 g/mol. The molecule has 95 valence electrons. The number of H-pyrrole nitrogens is 1. The van der Waals surface area contributed by atoms with E-state index in [0.717, 1.165) is 23.0 Å². The Hall–Kier alpha value is -2.09. The number of nitrogens with zero attached hydrogens (tertiary/aromatic N) is 1. The molecule has 19 heavy (non-hydrogen) atoms. The molecule has 1 N–H and O–H groups in total. The highest BCUT2D eigenvalue weighted by Gasteiger charge is 2.06. The van der Waals surface area contributed by atoms with E-state index in [2.05, 4.69) is 54.4 Å². The minimum absolute atomic E-state index is 0.577. The number of fused-ring (bicyclic) bond motifs is 1. The number of rotatable bonds is 3. The van der Waals surface area contributed by atoms with Gasteiger partial charge in [0, 0.05) is 11.8 Å². The summed E-state index contributed by atoms with van der Waals surface area (Å²) >= 11 is 0. The zero-order chi connectivity index (χ0) is 13.2. The van der Waals surface area contributed by atoms with Crippen molar-refractivity contribution in [2.75, 3.05) is 0 Å². The lowest BCUT2D eigenvalue weighted by Crippen LogP contribution is -1.92. The Kier molecular flexibility index (Phi) is 3.08. The van der Waals surface area contributed by atoms with Gasteiger partial charge in [-0.1, -0.05) is 50.2 Å². The third-order valence-electron chi connectivity index (χ3n) is 3.47. The predicted octanol–water partition coefficient (Wildman–Crippen LogP) is 4.08. The first-order chi connectivity index (χ1) is 9.24. The summed E-state index contributed by atoms with van der Waals surface area (Å²) in [4.78, 5) is 0. The second kappa shape index (κ2) is 4.88. The van der Waals surface area contributed by atoms with Crippen LogP contribution in [-0.2, 0) is 6.42 Å². The van der Waals surface area contributed by atoms with Gasteiger partial charge in [-0.3, -0.25) is 5.10 Å². The molecule has 0 bridgehead atoms. The van der Waals surface area contributed by atoms with E-state index in [-0.39, 0.29) is 0 Å². The van der Waals surface area contributed by atoms with Gasteiger partial charge >= 0.3 is 0 Å². The second-order valence-electron chi connectivity index (χ2n) is 5.20. The summed E-state index contributed by atoms with van der Waals surface area (Å²) in [5.41, 5.74) is 4.78. The Morgan fingerprint density at radius 3 is 2.68 bits per heavy atom. The summed E-state index contributed by atoms with van der Waals surface area (Å²) in [6.45, 7) is 4.43. The SMILES string of the molecule is CC(C)c1ccc(Cc2n[nH]c3ccc[c]c23)cc1. The van der Waals surface area contributed by atoms with Crippen LogP contribution in [0.5, 0.6) is 0 Å². The monoisotopic (exact) mass is 249 g/mol. The maximum atomic E-state index is 4.39. The maximum Gasteiger partial charge on any atom is 0.0750 e. The second-order valence-corrected chi connectivity index (χ2v) is 5.20. The van der Waals surface area contributed by atoms with Crippen molar-refractivity contribution in [1.29, 1.82) is 0 Å². The van der Waals surface area contributed by atoms with Gasteiger partial charge in [-0.25, -0.2) is 0 Å². The van der Waals surface area contributed by atoms with E-state index in [1.54, 1.807) is 0 Å². The van der Waals surface area contributed by atoms with Crippen molar-refractivity contribution in [3.8, 4) is 0 Å². The smallest absolute Gasteiger partial charge is 0.0750 e. The lowest BCUT2D eigenvalue weighted by Gasteiger charge is -2.06. The molecule has 3 aromatic rings. The molecule has 3 rings (SSSR count). The molecule has 0 aliphatic carbocycles. The van der Waals surface area contributed by atoms with Gasteiger partial charge in [0.05, 0.1) is 11.2 Å². The van der Waals surface area contributed by atoms with Crippen LogP contribution in [0, 0.1) is 6.07 Å². The van der Waals surface area contributed by atoms with Crippen LogP contribution in [0.2, 0.25) is 0 Å². The third kappa shape index (κ3) is 2.39. The number of nitrogens with one attached hydrogen (secondary N) is 1. The summed E-state index contributed by atoms with van der Waals surface area (Å²) in [5.74, 6) is 0.577. The Bertz CT molecular complexity index is 678. The number of aromatic nitrogens is 2. The largest absolute Gasteiger partial charge is 0.278 e. The summed E-state index contributed by atoms with van der Waals surface area (Å²) in [6, 6.07) is 18.0. The zero-order valence-corrected chi connectivity index (χ0v) is 11.3. The van der Waals surface area contributed by atoms with Crippen LogP contribution in [0.1, 0.15) is 36.6 Å². The maximum absolute atomic E-state index is 4.39. The molecule has 1 radical (unpaired) electrons. The van der Waals surface area contributed by atoms with Crippen molar-refractivity contribution in [2.24, 2.45) is 0 Å². The minimum Gasteiger partial charge on any atom is -0.278 e. The van der Waals surface area contributed by atoms with Gasteiger partial charge in [0.2, 0.25) is 0 Å². The quantitative estimate of drug-likeness (QED) is 0.744. The molecule has 2 aromatic carbocycles. The molecule has 0 saturated heterocycles. The molecule has 0 spiro atoms. The molecular weight excluding hydrogens is 232 g/mol. The van der Waals surface area contributed by atoms with Crippen LogP contribution in [0.25, 0.3) is 10.9 Å². The van der Waals surface area contributed by atoms with Crippen LogP contribution in [-0.4, -0.2) is 10.2 Å². The van der Waals surface area contributed by atoms with E-state index in [9.17, 15) is 0 Å². The molecule has 0 unspecified atom stereocenters. The average Bonchev–Trinajstić information content (AvgIpc) is 2.83. The van der Waals surface area contributed by atoms with Gasteiger partial charge in [-0.2, -0.15) is 5.10 Å². The number of hydrogen-bond acceptors (Lipinski definition) is 1. The summed E-state index contributed by atoms with van der Waals surface area (Å²) in [5, 5.41) is 8.54. The summed E-state index contributed by atoms with van der Waals surface area (Å²) < 4.78 is 0. The highest BCUT2D eigenvalue weighted by molar-refractivity contribution is 5.80. The highest BCUT2D eigenvalue weighted by Crippen LogP contribution is 2.20. The highest BCUT2D eigenvalue weighted by atomic mass is 15.1. The third-order valence-corrected chi connectivity index (χ3v) is 3.47. The lowest BCUT2D eigenvalue weighted by molar-refractivity contribution is 0.865. The van der Waals surface area contributed by atoms with Crippen LogP contribution in [0.4, 0.5) is 0 Å². The van der Waals surface area contributed by atoms with Crippen LogP contribution in [0.3, 0.4) is 0 Å². The van der Waals surface area contributed by atoms with Crippen LogP contribution in [0.15, 0.2) is 42.5 Å². The predicted molar refractivity (Wildman–Crippen MR) is 78.3 cm³/mol. The van der Waals surface area contributed by atoms with Crippen molar-refractivity contribution in [3.05, 3.63) is 65.4 Å². The molecule has 0 aliphatic heterocycles. The molecule has 0 aliphatic rings. The fourth-order valence-corrected chi connectivity index (χ4v) is 2.29. The topological polar surface area (TPSA) is 28.7 Å². The van der Waals surface area contributed by atoms with E-state index in [4.69, 9.17) is 0 Å². The van der Waals surface area contributed by atoms with Gasteiger partial charge in [0.15, 0.2) is 0 Å². The van der Waals surface area contributed by atoms with Crippen molar-refractivity contribution < 1.29 is 0 Å². The van der Waals surface area contributed by atoms with Crippen molar-refractivity contribution in [1.82, 2.24) is 10.2 Å². The number of aromatic amines is 1. The Balaban J connectivity index is 1.88. The molecule has 1 aromatic heterocycles. The van der Waals surface area contributed by atoms with Crippen molar-refractivity contribution in [3.63, 3.8) is 0 Å². The van der Waals surface area contributed by atoms with Crippen LogP contribution < -0.4 is 0 Å². The van der Waals surface area contributed by atoms with Crippen molar-refractivity contribution in [2.45, 2.75) is 26.2 Å². The van der Waals surface area contributed by atoms with Gasteiger partial charge in [-0.15, -0.1) is 0 Å². The van der Waals surface area contributed by atoms with Crippen LogP contribution >= 0.6 is 0 Å². The molecule has 0 atom stereocenters. The Labute approximate surface area is 113 Å². The minimum atomic E-state index is 0.577. The number of hydrogen-bond donors (Lipinski definition) is 1. The molecule has 0 saturated carbocycles. The van der Waals surface area contributed by atoms with Gasteiger partial charge in [0.25, 0.3) is 0 Å². The fourth-order valence-electron chi connectivity index (χ4n) is 2.29. The van der Waals surface area contributed by atoms with Gasteiger partial charge in [-0.05, 0) is 29.2 Å². The molecule has 2 nitrogen and oxygen atoms in total. The molecule has 2 heteroatoms. The fraction of sp³-hybridized carbons (Fsp3) is 0.235. The molecule has 1 heterocycles. The van der Waals surface area contributed by atoms with E-state index in [0.29, 0.717) is 5.92 Å². The Morgan fingerprint density at radius 2 is 1.95 bits per heavy atom. The van der Waals surface area contributed by atoms with Crippen molar-refractivity contribution >= 4 is 10.9 Å². The summed E-state index contributed by atoms with van der Waals surface area (Å²) in [7, 11) is 0. The van der Waals surface area contributed by atoms with E-state index >= 15 is 0 Å². The first kappa shape index (κ1) is 12.0. The Morgan fingerprint density at radius 1 is 1.16 bits per heavy atom. The van der Waals surface area contributed by atoms with E-state index < -0.39 is 0 Å². The lowest BCUT2D eigenvalue weighted by atomic mass is 10.00. The van der Waals surface area contributed by atoms with Gasteiger partial charge in [0.1, 0.15) is 0 Å². The first-order valence-corrected chi connectivity index (χ1v) is 6.66. The van der Waals surface area contributed by atoms with E-state index in [1.165, 1.54) is 11.1 Å².